The Labute approximate surface area is 127 Å². The molecule has 2 rings (SSSR count). The quantitative estimate of drug-likeness (QED) is 0.639. The van der Waals surface area contributed by atoms with E-state index in [9.17, 15) is 19.7 Å². The molecule has 1 fully saturated rings. The van der Waals surface area contributed by atoms with E-state index in [0.717, 1.165) is 12.8 Å². The number of nitrogens with zero attached hydrogens (tertiary/aromatic N) is 2. The molecular weight excluding hydrogens is 290 g/mol. The third kappa shape index (κ3) is 3.51. The maximum atomic E-state index is 12.2. The molecule has 118 valence electrons. The number of likely N-dealkylation sites (tertiary alicyclic amines) is 1. The second-order valence-corrected chi connectivity index (χ2v) is 5.01. The van der Waals surface area contributed by atoms with E-state index in [0.29, 0.717) is 13.0 Å². The average molecular weight is 307 g/mol. The van der Waals surface area contributed by atoms with Crippen molar-refractivity contribution in [1.82, 2.24) is 4.90 Å². The van der Waals surface area contributed by atoms with Crippen molar-refractivity contribution in [2.75, 3.05) is 13.2 Å². The summed E-state index contributed by atoms with van der Waals surface area (Å²) in [5, 5.41) is 10.9. The highest BCUT2D eigenvalue weighted by molar-refractivity contribution is 5.87. The van der Waals surface area contributed by atoms with Gasteiger partial charge in [0, 0.05) is 12.6 Å². The normalized spacial score (nSPS) is 17.8. The monoisotopic (exact) mass is 307 g/mol. The standard InChI is InChI=1S/C14H17N3O5/c15-14(19)11-6-3-4-8-16(11)13(18)9-22-12-7-2-1-5-10(12)17(20)21/h1-2,5,7,11H,3-4,6,8-9H2,(H2,15,19)/t11-/m1/s1. The van der Waals surface area contributed by atoms with Crippen molar-refractivity contribution in [2.24, 2.45) is 5.73 Å². The highest BCUT2D eigenvalue weighted by Gasteiger charge is 2.31. The fraction of sp³-hybridized carbons (Fsp3) is 0.429. The molecule has 1 atom stereocenters. The molecule has 8 heteroatoms. The highest BCUT2D eigenvalue weighted by Crippen LogP contribution is 2.26. The van der Waals surface area contributed by atoms with Gasteiger partial charge in [0.2, 0.25) is 5.91 Å². The number of hydrogen-bond donors (Lipinski definition) is 1. The van der Waals surface area contributed by atoms with Crippen molar-refractivity contribution >= 4 is 17.5 Å². The lowest BCUT2D eigenvalue weighted by Crippen LogP contribution is -2.51. The number of nitrogens with two attached hydrogens (primary N) is 1. The summed E-state index contributed by atoms with van der Waals surface area (Å²) >= 11 is 0. The topological polar surface area (TPSA) is 116 Å². The SMILES string of the molecule is NC(=O)[C@H]1CCCCN1C(=O)COc1ccccc1[N+](=O)[O-]. The van der Waals surface area contributed by atoms with Crippen LogP contribution in [0.15, 0.2) is 24.3 Å². The van der Waals surface area contributed by atoms with Crippen molar-refractivity contribution in [1.29, 1.82) is 0 Å². The van der Waals surface area contributed by atoms with Crippen molar-refractivity contribution < 1.29 is 19.2 Å². The van der Waals surface area contributed by atoms with Gasteiger partial charge in [-0.2, -0.15) is 0 Å². The molecule has 0 saturated carbocycles. The van der Waals surface area contributed by atoms with Crippen LogP contribution >= 0.6 is 0 Å². The number of amides is 2. The third-order valence-corrected chi connectivity index (χ3v) is 3.56. The van der Waals surface area contributed by atoms with Crippen LogP contribution < -0.4 is 10.5 Å². The maximum absolute atomic E-state index is 12.2. The molecule has 1 saturated heterocycles. The number of carbonyl (C=O) groups is 2. The number of nitro groups is 1. The first-order chi connectivity index (χ1) is 10.5. The highest BCUT2D eigenvalue weighted by atomic mass is 16.6. The second-order valence-electron chi connectivity index (χ2n) is 5.01. The zero-order valence-corrected chi connectivity index (χ0v) is 11.9. The molecule has 0 spiro atoms. The van der Waals surface area contributed by atoms with Gasteiger partial charge in [0.25, 0.3) is 5.91 Å². The summed E-state index contributed by atoms with van der Waals surface area (Å²) < 4.78 is 5.26. The van der Waals surface area contributed by atoms with Crippen LogP contribution in [0.4, 0.5) is 5.69 Å². The molecule has 0 radical (unpaired) electrons. The van der Waals surface area contributed by atoms with Gasteiger partial charge in [-0.15, -0.1) is 0 Å². The first-order valence-corrected chi connectivity index (χ1v) is 6.95. The van der Waals surface area contributed by atoms with Crippen molar-refractivity contribution in [3.05, 3.63) is 34.4 Å². The van der Waals surface area contributed by atoms with E-state index in [1.165, 1.54) is 23.1 Å². The summed E-state index contributed by atoms with van der Waals surface area (Å²) in [6.07, 6.45) is 2.16. The molecule has 0 unspecified atom stereocenters. The van der Waals surface area contributed by atoms with E-state index >= 15 is 0 Å². The van der Waals surface area contributed by atoms with E-state index in [1.54, 1.807) is 6.07 Å². The molecule has 2 amide bonds. The van der Waals surface area contributed by atoms with Crippen LogP contribution in [0.5, 0.6) is 5.75 Å². The Hall–Kier alpha value is -2.64. The van der Waals surface area contributed by atoms with Gasteiger partial charge in [0.05, 0.1) is 4.92 Å². The van der Waals surface area contributed by atoms with Crippen LogP contribution in [0.3, 0.4) is 0 Å². The molecule has 1 aliphatic rings. The van der Waals surface area contributed by atoms with Crippen molar-refractivity contribution in [3.8, 4) is 5.75 Å². The zero-order chi connectivity index (χ0) is 16.1. The molecule has 22 heavy (non-hydrogen) atoms. The van der Waals surface area contributed by atoms with Gasteiger partial charge in [-0.3, -0.25) is 19.7 Å². The number of carbonyl (C=O) groups excluding carboxylic acids is 2. The molecule has 1 heterocycles. The number of rotatable bonds is 5. The molecular formula is C14H17N3O5. The number of piperidine rings is 1. The van der Waals surface area contributed by atoms with Crippen LogP contribution in [0.25, 0.3) is 0 Å². The van der Waals surface area contributed by atoms with Crippen LogP contribution in [0.2, 0.25) is 0 Å². The van der Waals surface area contributed by atoms with Gasteiger partial charge >= 0.3 is 5.69 Å². The Morgan fingerprint density at radius 2 is 2.09 bits per heavy atom. The van der Waals surface area contributed by atoms with Crippen molar-refractivity contribution in [2.45, 2.75) is 25.3 Å². The number of para-hydroxylation sites is 2. The van der Waals surface area contributed by atoms with Crippen LogP contribution in [0.1, 0.15) is 19.3 Å². The Balaban J connectivity index is 2.03. The molecule has 8 nitrogen and oxygen atoms in total. The second kappa shape index (κ2) is 6.88. The Morgan fingerprint density at radius 1 is 1.36 bits per heavy atom. The Bertz CT molecular complexity index is 590. The molecule has 2 N–H and O–H groups in total. The summed E-state index contributed by atoms with van der Waals surface area (Å²) in [7, 11) is 0. The van der Waals surface area contributed by atoms with Crippen LogP contribution in [-0.4, -0.2) is 40.8 Å². The smallest absolute Gasteiger partial charge is 0.310 e. The summed E-state index contributed by atoms with van der Waals surface area (Å²) in [5.74, 6) is -0.922. The third-order valence-electron chi connectivity index (χ3n) is 3.56. The largest absolute Gasteiger partial charge is 0.477 e. The zero-order valence-electron chi connectivity index (χ0n) is 11.9. The predicted octanol–water partition coefficient (Wildman–Crippen LogP) is 0.840. The van der Waals surface area contributed by atoms with Crippen LogP contribution in [-0.2, 0) is 9.59 Å². The fourth-order valence-corrected chi connectivity index (χ4v) is 2.48. The van der Waals surface area contributed by atoms with E-state index in [2.05, 4.69) is 0 Å². The molecule has 0 aliphatic carbocycles. The molecule has 0 bridgehead atoms. The van der Waals surface area contributed by atoms with Gasteiger partial charge in [-0.1, -0.05) is 12.1 Å². The fourth-order valence-electron chi connectivity index (χ4n) is 2.48. The molecule has 1 aliphatic heterocycles. The summed E-state index contributed by atoms with van der Waals surface area (Å²) in [5.41, 5.74) is 5.10. The first kappa shape index (κ1) is 15.7. The van der Waals surface area contributed by atoms with Gasteiger partial charge in [0.15, 0.2) is 12.4 Å². The number of benzene rings is 1. The Kier molecular flexibility index (Phi) is 4.92. The van der Waals surface area contributed by atoms with Crippen LogP contribution in [0, 0.1) is 10.1 Å². The Morgan fingerprint density at radius 3 is 2.77 bits per heavy atom. The minimum absolute atomic E-state index is 0.0217. The number of primary amides is 1. The summed E-state index contributed by atoms with van der Waals surface area (Å²) in [4.78, 5) is 35.3. The molecule has 0 aromatic heterocycles. The summed E-state index contributed by atoms with van der Waals surface area (Å²) in [6, 6.07) is 5.19. The number of hydrogen-bond acceptors (Lipinski definition) is 5. The average Bonchev–Trinajstić information content (AvgIpc) is 2.52. The summed E-state index contributed by atoms with van der Waals surface area (Å²) in [6.45, 7) is 0.0708. The lowest BCUT2D eigenvalue weighted by molar-refractivity contribution is -0.385. The maximum Gasteiger partial charge on any atom is 0.310 e. The number of nitro benzene ring substituents is 1. The molecule has 1 aromatic carbocycles. The minimum atomic E-state index is -0.629. The van der Waals surface area contributed by atoms with Gasteiger partial charge in [0.1, 0.15) is 6.04 Å². The first-order valence-electron chi connectivity index (χ1n) is 6.95. The van der Waals surface area contributed by atoms with E-state index in [4.69, 9.17) is 10.5 Å². The van der Waals surface area contributed by atoms with Crippen molar-refractivity contribution in [3.63, 3.8) is 0 Å². The number of ether oxygens (including phenoxy) is 1. The van der Waals surface area contributed by atoms with E-state index < -0.39 is 22.8 Å². The van der Waals surface area contributed by atoms with Gasteiger partial charge in [-0.05, 0) is 25.3 Å². The lowest BCUT2D eigenvalue weighted by Gasteiger charge is -2.33. The minimum Gasteiger partial charge on any atom is -0.477 e. The predicted molar refractivity (Wildman–Crippen MR) is 77.1 cm³/mol. The lowest BCUT2D eigenvalue weighted by atomic mass is 10.0. The van der Waals surface area contributed by atoms with Gasteiger partial charge in [-0.25, -0.2) is 0 Å². The van der Waals surface area contributed by atoms with E-state index in [-0.39, 0.29) is 18.0 Å². The molecule has 1 aromatic rings. The van der Waals surface area contributed by atoms with E-state index in [1.807, 2.05) is 0 Å². The van der Waals surface area contributed by atoms with Gasteiger partial charge < -0.3 is 15.4 Å².